The predicted octanol–water partition coefficient (Wildman–Crippen LogP) is 3.75. The van der Waals surface area contributed by atoms with Crippen LogP contribution < -0.4 is 4.74 Å². The minimum absolute atomic E-state index is 0.244. The zero-order valence-corrected chi connectivity index (χ0v) is 18.1. The lowest BCUT2D eigenvalue weighted by atomic mass is 9.93. The number of aryl methyl sites for hydroxylation is 1. The van der Waals surface area contributed by atoms with Crippen molar-refractivity contribution in [3.63, 3.8) is 0 Å². The van der Waals surface area contributed by atoms with Crippen LogP contribution in [-0.4, -0.2) is 45.8 Å². The van der Waals surface area contributed by atoms with Crippen molar-refractivity contribution in [2.45, 2.75) is 38.6 Å². The highest BCUT2D eigenvalue weighted by molar-refractivity contribution is 5.76. The lowest BCUT2D eigenvalue weighted by Crippen LogP contribution is -2.39. The van der Waals surface area contributed by atoms with Gasteiger partial charge in [-0.05, 0) is 48.4 Å². The molecule has 1 aliphatic rings. The van der Waals surface area contributed by atoms with Gasteiger partial charge in [0.2, 0.25) is 5.91 Å². The molecule has 0 saturated carbocycles. The number of likely N-dealkylation sites (tertiary alicyclic amines) is 1. The number of carbonyl (C=O) groups is 1. The van der Waals surface area contributed by atoms with E-state index in [1.807, 2.05) is 41.6 Å². The number of aromatic nitrogens is 3. The molecule has 4 rings (SSSR count). The first-order chi connectivity index (χ1) is 15.2. The number of piperidine rings is 1. The van der Waals surface area contributed by atoms with E-state index in [1.165, 1.54) is 5.56 Å². The van der Waals surface area contributed by atoms with Crippen molar-refractivity contribution < 1.29 is 9.53 Å². The van der Waals surface area contributed by atoms with E-state index in [2.05, 4.69) is 39.0 Å². The van der Waals surface area contributed by atoms with E-state index in [-0.39, 0.29) is 5.91 Å². The molecule has 31 heavy (non-hydrogen) atoms. The van der Waals surface area contributed by atoms with E-state index in [9.17, 15) is 4.79 Å². The summed E-state index contributed by atoms with van der Waals surface area (Å²) < 4.78 is 7.41. The van der Waals surface area contributed by atoms with Gasteiger partial charge in [0.1, 0.15) is 17.9 Å². The topological polar surface area (TPSA) is 60.2 Å². The zero-order valence-electron chi connectivity index (χ0n) is 18.1. The molecule has 3 aromatic rings. The molecule has 6 heteroatoms. The molecule has 1 saturated heterocycles. The summed E-state index contributed by atoms with van der Waals surface area (Å²) in [6.07, 6.45) is 6.06. The van der Waals surface area contributed by atoms with E-state index >= 15 is 0 Å². The molecule has 0 spiro atoms. The van der Waals surface area contributed by atoms with E-state index in [0.29, 0.717) is 12.3 Å². The van der Waals surface area contributed by atoms with E-state index in [0.717, 1.165) is 62.5 Å². The molecule has 2 heterocycles. The Morgan fingerprint density at radius 2 is 1.84 bits per heavy atom. The molecule has 0 unspecified atom stereocenters. The molecular formula is C25H30N4O2. The van der Waals surface area contributed by atoms with Crippen LogP contribution in [0.5, 0.6) is 5.75 Å². The fourth-order valence-electron chi connectivity index (χ4n) is 4.23. The summed E-state index contributed by atoms with van der Waals surface area (Å²) in [5, 5.41) is 8.49. The number of benzene rings is 2. The summed E-state index contributed by atoms with van der Waals surface area (Å²) in [7, 11) is 1.67. The van der Waals surface area contributed by atoms with Crippen LogP contribution >= 0.6 is 0 Å². The normalized spacial score (nSPS) is 14.5. The smallest absolute Gasteiger partial charge is 0.222 e. The largest absolute Gasteiger partial charge is 0.497 e. The van der Waals surface area contributed by atoms with Crippen LogP contribution in [0, 0.1) is 5.92 Å². The number of hydrogen-bond acceptors (Lipinski definition) is 4. The molecule has 1 aliphatic heterocycles. The summed E-state index contributed by atoms with van der Waals surface area (Å²) in [5.41, 5.74) is 2.39. The van der Waals surface area contributed by atoms with Crippen molar-refractivity contribution in [3.05, 3.63) is 77.9 Å². The van der Waals surface area contributed by atoms with Crippen LogP contribution in [0.1, 0.15) is 36.2 Å². The van der Waals surface area contributed by atoms with E-state index in [1.54, 1.807) is 7.11 Å². The van der Waals surface area contributed by atoms with Crippen molar-refractivity contribution in [1.29, 1.82) is 0 Å². The zero-order chi connectivity index (χ0) is 21.5. The molecule has 1 amide bonds. The van der Waals surface area contributed by atoms with Gasteiger partial charge in [0.25, 0.3) is 0 Å². The first-order valence-electron chi connectivity index (χ1n) is 11.0. The highest BCUT2D eigenvalue weighted by atomic mass is 16.5. The van der Waals surface area contributed by atoms with E-state index in [4.69, 9.17) is 4.74 Å². The first-order valence-corrected chi connectivity index (χ1v) is 11.0. The van der Waals surface area contributed by atoms with Crippen molar-refractivity contribution in [2.75, 3.05) is 20.2 Å². The van der Waals surface area contributed by atoms with E-state index < -0.39 is 0 Å². The van der Waals surface area contributed by atoms with Gasteiger partial charge in [0.15, 0.2) is 0 Å². The van der Waals surface area contributed by atoms with Crippen LogP contribution in [0.25, 0.3) is 0 Å². The monoisotopic (exact) mass is 418 g/mol. The Morgan fingerprint density at radius 1 is 1.06 bits per heavy atom. The number of ether oxygens (including phenoxy) is 1. The fraction of sp³-hybridized carbons (Fsp3) is 0.400. The summed E-state index contributed by atoms with van der Waals surface area (Å²) in [6, 6.07) is 18.3. The van der Waals surface area contributed by atoms with Crippen LogP contribution in [0.4, 0.5) is 0 Å². The lowest BCUT2D eigenvalue weighted by molar-refractivity contribution is -0.132. The molecule has 1 fully saturated rings. The standard InChI is InChI=1S/C25H30N4O2/c1-31-23-9-5-8-20(16-23)10-11-25(30)28-14-12-21(13-15-28)17-24-27-26-19-29(24)18-22-6-3-2-4-7-22/h2-9,16,19,21H,10-15,17-18H2,1H3. The average molecular weight is 419 g/mol. The Bertz CT molecular complexity index is 978. The maximum absolute atomic E-state index is 12.7. The Labute approximate surface area is 183 Å². The Kier molecular flexibility index (Phi) is 6.97. The third-order valence-corrected chi connectivity index (χ3v) is 6.09. The quantitative estimate of drug-likeness (QED) is 0.559. The Hall–Kier alpha value is -3.15. The van der Waals surface area contributed by atoms with Crippen LogP contribution in [0.2, 0.25) is 0 Å². The molecular weight excluding hydrogens is 388 g/mol. The lowest BCUT2D eigenvalue weighted by Gasteiger charge is -2.32. The molecule has 0 N–H and O–H groups in total. The molecule has 2 aromatic carbocycles. The fourth-order valence-corrected chi connectivity index (χ4v) is 4.23. The summed E-state index contributed by atoms with van der Waals surface area (Å²) >= 11 is 0. The number of rotatable bonds is 8. The van der Waals surface area contributed by atoms with Crippen LogP contribution in [0.15, 0.2) is 60.9 Å². The first kappa shape index (κ1) is 21.1. The third kappa shape index (κ3) is 5.72. The van der Waals surface area contributed by atoms with Crippen molar-refractivity contribution in [1.82, 2.24) is 19.7 Å². The molecule has 6 nitrogen and oxygen atoms in total. The maximum Gasteiger partial charge on any atom is 0.222 e. The molecule has 1 aromatic heterocycles. The molecule has 0 bridgehead atoms. The van der Waals surface area contributed by atoms with Gasteiger partial charge < -0.3 is 14.2 Å². The number of hydrogen-bond donors (Lipinski definition) is 0. The minimum atomic E-state index is 0.244. The summed E-state index contributed by atoms with van der Waals surface area (Å²) in [5.74, 6) is 2.66. The Balaban J connectivity index is 1.24. The molecule has 0 atom stereocenters. The van der Waals surface area contributed by atoms with Gasteiger partial charge in [-0.3, -0.25) is 4.79 Å². The van der Waals surface area contributed by atoms with Crippen molar-refractivity contribution in [2.24, 2.45) is 5.92 Å². The highest BCUT2D eigenvalue weighted by Gasteiger charge is 2.24. The summed E-state index contributed by atoms with van der Waals surface area (Å²) in [4.78, 5) is 14.7. The van der Waals surface area contributed by atoms with Gasteiger partial charge in [0, 0.05) is 25.9 Å². The van der Waals surface area contributed by atoms with Crippen molar-refractivity contribution in [3.8, 4) is 5.75 Å². The van der Waals surface area contributed by atoms with Crippen molar-refractivity contribution >= 4 is 5.91 Å². The maximum atomic E-state index is 12.7. The number of amides is 1. The average Bonchev–Trinajstić information content (AvgIpc) is 3.25. The highest BCUT2D eigenvalue weighted by Crippen LogP contribution is 2.22. The number of carbonyl (C=O) groups excluding carboxylic acids is 1. The molecule has 162 valence electrons. The second-order valence-corrected chi connectivity index (χ2v) is 8.24. The van der Waals surface area contributed by atoms with Gasteiger partial charge in [-0.2, -0.15) is 0 Å². The van der Waals surface area contributed by atoms with Gasteiger partial charge in [0.05, 0.1) is 13.7 Å². The van der Waals surface area contributed by atoms with Gasteiger partial charge in [-0.25, -0.2) is 0 Å². The minimum Gasteiger partial charge on any atom is -0.497 e. The van der Waals surface area contributed by atoms with Gasteiger partial charge in [-0.1, -0.05) is 42.5 Å². The molecule has 0 radical (unpaired) electrons. The van der Waals surface area contributed by atoms with Crippen LogP contribution in [0.3, 0.4) is 0 Å². The second kappa shape index (κ2) is 10.2. The van der Waals surface area contributed by atoms with Gasteiger partial charge in [-0.15, -0.1) is 10.2 Å². The Morgan fingerprint density at radius 3 is 2.61 bits per heavy atom. The third-order valence-electron chi connectivity index (χ3n) is 6.09. The number of nitrogens with zero attached hydrogens (tertiary/aromatic N) is 4. The number of methoxy groups -OCH3 is 1. The van der Waals surface area contributed by atoms with Gasteiger partial charge >= 0.3 is 0 Å². The second-order valence-electron chi connectivity index (χ2n) is 8.24. The molecule has 0 aliphatic carbocycles. The SMILES string of the molecule is COc1cccc(CCC(=O)N2CCC(Cc3nncn3Cc3ccccc3)CC2)c1. The summed E-state index contributed by atoms with van der Waals surface area (Å²) in [6.45, 7) is 2.45. The van der Waals surface area contributed by atoms with Crippen LogP contribution in [-0.2, 0) is 24.2 Å². The predicted molar refractivity (Wildman–Crippen MR) is 120 cm³/mol.